The molecule has 2 unspecified atom stereocenters. The molecular weight excluding hydrogens is 1530 g/mol. The number of unbranched alkanes of at least 4 members (excludes halogenated alkanes) is 22. The first-order chi connectivity index (χ1) is 40.1. The summed E-state index contributed by atoms with van der Waals surface area (Å²) in [5.74, 6) is 2.20. The van der Waals surface area contributed by atoms with Gasteiger partial charge in [0.15, 0.2) is 0 Å². The van der Waals surface area contributed by atoms with Crippen molar-refractivity contribution in [2.75, 3.05) is 13.2 Å². The summed E-state index contributed by atoms with van der Waals surface area (Å²) in [6.07, 6.45) is 33.0. The summed E-state index contributed by atoms with van der Waals surface area (Å²) >= 11 is 14.0. The summed E-state index contributed by atoms with van der Waals surface area (Å²) in [5, 5.41) is 8.44. The number of nitrogens with zero attached hydrogens (tertiary/aromatic N) is 4. The van der Waals surface area contributed by atoms with Crippen LogP contribution in [-0.4, -0.2) is 70.5 Å². The number of aromatic nitrogens is 4. The first-order valence-electron chi connectivity index (χ1n) is 30.7. The van der Waals surface area contributed by atoms with Crippen LogP contribution in [0.25, 0.3) is 50.4 Å². The summed E-state index contributed by atoms with van der Waals surface area (Å²) in [6.45, 7) is 15.1. The Hall–Kier alpha value is -0.233. The molecule has 0 spiro atoms. The second kappa shape index (κ2) is 42.0. The average Bonchev–Trinajstić information content (AvgIpc) is 3.11. The molecule has 2 aromatic carbocycles. The van der Waals surface area contributed by atoms with Crippen LogP contribution in [0.4, 0.5) is 0 Å². The van der Waals surface area contributed by atoms with Gasteiger partial charge in [0, 0.05) is 31.7 Å². The molecule has 0 fully saturated rings. The minimum atomic E-state index is -2.11. The summed E-state index contributed by atoms with van der Waals surface area (Å²) in [4.78, 5) is 20.6. The third-order valence-electron chi connectivity index (χ3n) is 14.7. The quantitative estimate of drug-likeness (QED) is 0.0177. The van der Waals surface area contributed by atoms with Crippen molar-refractivity contribution in [3.8, 4) is 41.4 Å². The smallest absolute Gasteiger partial charge is 0.139 e. The summed E-state index contributed by atoms with van der Waals surface area (Å²) in [5.41, 5.74) is 7.11. The Morgan fingerprint density at radius 2 is 0.940 bits per heavy atom. The van der Waals surface area contributed by atoms with E-state index in [4.69, 9.17) is 9.47 Å². The van der Waals surface area contributed by atoms with Crippen molar-refractivity contribution in [1.29, 1.82) is 0 Å². The van der Waals surface area contributed by atoms with E-state index in [9.17, 15) is 0 Å². The Labute approximate surface area is 566 Å². The summed E-state index contributed by atoms with van der Waals surface area (Å²) in [7, 11) is 4.67. The van der Waals surface area contributed by atoms with Crippen molar-refractivity contribution in [3.05, 3.63) is 86.5 Å². The number of ether oxygens (including phenoxy) is 2. The van der Waals surface area contributed by atoms with Gasteiger partial charge in [0.25, 0.3) is 0 Å². The zero-order valence-corrected chi connectivity index (χ0v) is 69.1. The van der Waals surface area contributed by atoms with Crippen LogP contribution in [0.5, 0.6) is 11.5 Å². The Morgan fingerprint density at radius 1 is 0.488 bits per heavy atom. The van der Waals surface area contributed by atoms with E-state index < -0.39 is 38.1 Å². The molecule has 0 N–H and O–H groups in total. The molecule has 8 rings (SSSR count). The fourth-order valence-corrected chi connectivity index (χ4v) is 26.2. The van der Waals surface area contributed by atoms with Gasteiger partial charge in [0.1, 0.15) is 16.8 Å². The van der Waals surface area contributed by atoms with Crippen LogP contribution in [-0.2, 0) is 0 Å². The average molecular weight is 1630 g/mol. The van der Waals surface area contributed by atoms with E-state index in [2.05, 4.69) is 183 Å². The van der Waals surface area contributed by atoms with E-state index >= 15 is 0 Å². The van der Waals surface area contributed by atoms with Crippen molar-refractivity contribution in [3.63, 3.8) is 0 Å². The number of fused-ring (bicyclic) bond motifs is 2. The third-order valence-corrected chi connectivity index (χ3v) is 38.9. The van der Waals surface area contributed by atoms with Crippen molar-refractivity contribution >= 4 is 182 Å². The van der Waals surface area contributed by atoms with E-state index in [0.717, 1.165) is 55.6 Å². The topological polar surface area (TPSA) is 70.0 Å². The van der Waals surface area contributed by atoms with Gasteiger partial charge in [-0.2, -0.15) is 0 Å². The third kappa shape index (κ3) is 25.1. The van der Waals surface area contributed by atoms with Gasteiger partial charge in [-0.25, -0.2) is 0 Å². The Morgan fingerprint density at radius 3 is 1.42 bits per heavy atom. The van der Waals surface area contributed by atoms with Crippen LogP contribution in [0.1, 0.15) is 190 Å². The van der Waals surface area contributed by atoms with Gasteiger partial charge in [0.2, 0.25) is 0 Å². The van der Waals surface area contributed by atoms with E-state index in [-0.39, 0.29) is 7.43 Å². The van der Waals surface area contributed by atoms with Gasteiger partial charge in [-0.1, -0.05) is 138 Å². The second-order valence-corrected chi connectivity index (χ2v) is 54.5. The Balaban J connectivity index is 0.000000295. The summed E-state index contributed by atoms with van der Waals surface area (Å²) in [6, 6.07) is 17.7. The number of hydrogen-bond acceptors (Lipinski definition) is 12. The number of aryl methyl sites for hydroxylation is 4. The normalized spacial score (nSPS) is 11.3. The van der Waals surface area contributed by atoms with Crippen molar-refractivity contribution in [2.24, 2.45) is 0 Å². The van der Waals surface area contributed by atoms with Crippen LogP contribution in [0.3, 0.4) is 0 Å². The molecule has 463 valence electrons. The molecule has 2 atom stereocenters. The molecule has 6 aromatic heterocycles. The van der Waals surface area contributed by atoms with Gasteiger partial charge < -0.3 is 4.74 Å². The van der Waals surface area contributed by atoms with E-state index in [1.165, 1.54) is 227 Å². The standard InChI is InChI=1S/C31H42N2OS3.C23H34OS2.C6H2Br2N2S.6CH3.H4P2.2Sn/c1-5-6-7-8-9-10-11-12-13-14-15-16-19-34-26-21-27(36-31(26)30-23(3)20-24(4)35-30)25-18-17-22(2)29-28(25)32-33-37-29;1-3-4-5-6-7-8-9-10-11-12-13-14-17-24-21-16-19-26-23(21)22-20(2)15-18-25-22;7-3-1-2-4(8)6-5(3)9-10-11-6;;;;;;;1-2;;/h17-18,20-21H,5-16,19H2,1-4H3;15-16H,3-14,17H2,1-2H3;1-2H;6*1H3;1-2H2;;/q;;;;;;;;+1;;;. The Kier molecular flexibility index (Phi) is 38.1. The van der Waals surface area contributed by atoms with Crippen LogP contribution in [0.2, 0.25) is 24.7 Å². The number of halogens is 2. The largest absolute Gasteiger partial charge is 0.492 e. The fraction of sp³-hybridized carbons (Fsp3) is 0.561. The maximum absolute atomic E-state index is 6.45. The zero-order valence-electron chi connectivity index (χ0n) is 53.0. The second-order valence-electron chi connectivity index (χ2n) is 23.2. The van der Waals surface area contributed by atoms with Gasteiger partial charge >= 0.3 is 188 Å². The SMILES string of the molecule is Brc1ccc(Br)c2snnc12.CCCCCCCCCCCCCCOc1c[c]([Sn]([CH3])([CH3])[CH3])sc1-c1s[c]([Sn]([CH3])[CH3])cc1C.CCCCCCCCCCCCCCOc1cc(-c2ccc(C)c3snnc23)sc1-c1sc(C)cc1C.PP.[CH3+]. The molecule has 6 nitrogen and oxygen atoms in total. The fourth-order valence-electron chi connectivity index (χ4n) is 9.85. The molecule has 6 heterocycles. The van der Waals surface area contributed by atoms with Crippen molar-refractivity contribution in [1.82, 2.24) is 19.2 Å². The first-order valence-corrected chi connectivity index (χ1v) is 56.9. The number of rotatable bonds is 33. The molecule has 84 heavy (non-hydrogen) atoms. The molecule has 0 bridgehead atoms. The molecule has 0 saturated heterocycles. The summed E-state index contributed by atoms with van der Waals surface area (Å²) < 4.78 is 28.6. The molecule has 0 aliphatic heterocycles. The minimum absolute atomic E-state index is 0. The van der Waals surface area contributed by atoms with Crippen molar-refractivity contribution < 1.29 is 9.47 Å². The molecule has 0 aliphatic rings. The van der Waals surface area contributed by atoms with Crippen LogP contribution >= 0.6 is 118 Å². The molecule has 18 heteroatoms. The molecule has 0 aliphatic carbocycles. The van der Waals surface area contributed by atoms with Crippen LogP contribution < -0.4 is 15.3 Å². The number of benzene rings is 2. The monoisotopic (exact) mass is 1630 g/mol. The minimum Gasteiger partial charge on any atom is -0.492 e. The predicted molar refractivity (Wildman–Crippen MR) is 403 cm³/mol. The maximum Gasteiger partial charge on any atom is 0.139 e. The Bertz CT molecular complexity index is 3050. The number of hydrogen-bond donors (Lipinski definition) is 0. The van der Waals surface area contributed by atoms with Crippen LogP contribution in [0.15, 0.2) is 57.5 Å². The van der Waals surface area contributed by atoms with Gasteiger partial charge in [0.05, 0.1) is 25.8 Å². The van der Waals surface area contributed by atoms with Gasteiger partial charge in [-0.05, 0) is 118 Å². The van der Waals surface area contributed by atoms with E-state index in [0.29, 0.717) is 0 Å². The van der Waals surface area contributed by atoms with Gasteiger partial charge in [-0.3, -0.25) is 0 Å². The predicted octanol–water partition coefficient (Wildman–Crippen LogP) is 24.8. The first kappa shape index (κ1) is 76.2. The molecule has 8 aromatic rings. The molecule has 0 saturated carbocycles. The molecule has 1 radical (unpaired) electrons. The van der Waals surface area contributed by atoms with Crippen LogP contribution in [0, 0.1) is 35.1 Å². The van der Waals surface area contributed by atoms with Crippen molar-refractivity contribution in [2.45, 2.75) is 220 Å². The zero-order chi connectivity index (χ0) is 60.2. The molecular formula is C66H100Br2N4O2P2S6Sn2+. The van der Waals surface area contributed by atoms with Gasteiger partial charge in [-0.15, -0.1) is 50.7 Å². The number of thiophene rings is 4. The molecule has 0 amide bonds. The van der Waals surface area contributed by atoms with E-state index in [1.807, 2.05) is 46.1 Å². The maximum atomic E-state index is 6.45. The van der Waals surface area contributed by atoms with E-state index in [1.54, 1.807) is 5.79 Å².